The molecule has 0 amide bonds. The summed E-state index contributed by atoms with van der Waals surface area (Å²) in [5.74, 6) is 3.31. The number of ether oxygens (including phenoxy) is 2. The van der Waals surface area contributed by atoms with Crippen LogP contribution in [0.3, 0.4) is 0 Å². The molecule has 2 aliphatic carbocycles. The first kappa shape index (κ1) is 41.7. The van der Waals surface area contributed by atoms with Crippen molar-refractivity contribution in [2.24, 2.45) is 11.8 Å². The number of hydrogen-bond donors (Lipinski definition) is 6. The first-order chi connectivity index (χ1) is 28.7. The van der Waals surface area contributed by atoms with Crippen LogP contribution in [0.5, 0.6) is 11.5 Å². The van der Waals surface area contributed by atoms with E-state index in [9.17, 15) is 35.1 Å². The first-order valence-corrected chi connectivity index (χ1v) is 21.4. The van der Waals surface area contributed by atoms with E-state index in [0.717, 1.165) is 24.0 Å². The van der Waals surface area contributed by atoms with Crippen molar-refractivity contribution < 1.29 is 49.4 Å². The highest BCUT2D eigenvalue weighted by Gasteiger charge is 2.48. The van der Waals surface area contributed by atoms with Gasteiger partial charge >= 0.3 is 11.9 Å². The summed E-state index contributed by atoms with van der Waals surface area (Å²) in [5, 5.41) is 60.3. The molecule has 8 rings (SSSR count). The molecule has 8 atom stereocenters. The van der Waals surface area contributed by atoms with Gasteiger partial charge in [-0.1, -0.05) is 55.0 Å². The van der Waals surface area contributed by atoms with Gasteiger partial charge in [-0.25, -0.2) is 4.79 Å². The maximum atomic E-state index is 15.0. The van der Waals surface area contributed by atoms with Gasteiger partial charge in [0.2, 0.25) is 0 Å². The maximum absolute atomic E-state index is 15.0. The van der Waals surface area contributed by atoms with Crippen LogP contribution in [0.15, 0.2) is 66.2 Å². The Balaban J connectivity index is 1.34. The lowest BCUT2D eigenvalue weighted by molar-refractivity contribution is -0.170. The Morgan fingerprint density at radius 3 is 2.52 bits per heavy atom. The lowest BCUT2D eigenvalue weighted by atomic mass is 9.68. The van der Waals surface area contributed by atoms with Crippen LogP contribution < -0.4 is 10.1 Å². The number of phenolic OH excluding ortho intramolecular Hbond substituents is 1. The summed E-state index contributed by atoms with van der Waals surface area (Å²) in [4.78, 5) is 41.5. The van der Waals surface area contributed by atoms with Crippen molar-refractivity contribution in [2.45, 2.75) is 132 Å². The van der Waals surface area contributed by atoms with Gasteiger partial charge in [0.05, 0.1) is 31.2 Å². The van der Waals surface area contributed by atoms with E-state index in [4.69, 9.17) is 9.47 Å². The third-order valence-corrected chi connectivity index (χ3v) is 13.8. The largest absolute Gasteiger partial charge is 0.508 e. The van der Waals surface area contributed by atoms with Gasteiger partial charge in [-0.05, 0) is 110 Å². The number of rotatable bonds is 5. The van der Waals surface area contributed by atoms with E-state index in [1.807, 2.05) is 24.3 Å². The number of phenols is 1. The van der Waals surface area contributed by atoms with Crippen LogP contribution in [0.1, 0.15) is 117 Å². The fourth-order valence-electron chi connectivity index (χ4n) is 10.3. The van der Waals surface area contributed by atoms with E-state index in [1.165, 1.54) is 6.07 Å². The van der Waals surface area contributed by atoms with Gasteiger partial charge in [0.15, 0.2) is 0 Å². The second-order valence-corrected chi connectivity index (χ2v) is 18.0. The van der Waals surface area contributed by atoms with E-state index in [0.29, 0.717) is 60.0 Å². The zero-order chi connectivity index (χ0) is 42.3. The van der Waals surface area contributed by atoms with Gasteiger partial charge < -0.3 is 40.3 Å². The number of aliphatic hydroxyl groups excluding tert-OH is 3. The van der Waals surface area contributed by atoms with E-state index >= 15 is 4.79 Å². The van der Waals surface area contributed by atoms with Crippen molar-refractivity contribution in [1.82, 2.24) is 0 Å². The minimum atomic E-state index is -1.67. The molecule has 3 aliphatic heterocycles. The monoisotopic (exact) mass is 817 g/mol. The summed E-state index contributed by atoms with van der Waals surface area (Å²) in [7, 11) is 0. The second-order valence-electron chi connectivity index (χ2n) is 18.0. The third-order valence-electron chi connectivity index (χ3n) is 13.8. The number of hydrogen-bond acceptors (Lipinski definition) is 11. The predicted molar refractivity (Wildman–Crippen MR) is 223 cm³/mol. The number of nitrogens with one attached hydrogen (secondary N) is 1. The Morgan fingerprint density at radius 2 is 1.75 bits per heavy atom. The molecule has 8 bridgehead atoms. The van der Waals surface area contributed by atoms with E-state index in [1.54, 1.807) is 38.1 Å². The van der Waals surface area contributed by atoms with Crippen molar-refractivity contribution in [3.8, 4) is 23.3 Å². The Kier molecular flexibility index (Phi) is 11.7. The molecule has 6 N–H and O–H groups in total. The molecule has 316 valence electrons. The number of aliphatic hydroxyl groups is 4. The lowest BCUT2D eigenvalue weighted by Crippen LogP contribution is -2.52. The van der Waals surface area contributed by atoms with Crippen LogP contribution in [0, 0.1) is 23.7 Å². The number of fused-ring (bicyclic) bond motifs is 9. The van der Waals surface area contributed by atoms with Crippen LogP contribution in [0.25, 0.3) is 0 Å². The quantitative estimate of drug-likeness (QED) is 0.104. The molecule has 3 aromatic carbocycles. The third kappa shape index (κ3) is 8.35. The van der Waals surface area contributed by atoms with E-state index in [-0.39, 0.29) is 67.6 Å². The summed E-state index contributed by atoms with van der Waals surface area (Å²) >= 11 is 0. The summed E-state index contributed by atoms with van der Waals surface area (Å²) in [6.07, 6.45) is 3.00. The highest BCUT2D eigenvalue weighted by atomic mass is 16.6. The topological polar surface area (TPSA) is 183 Å². The van der Waals surface area contributed by atoms with Crippen molar-refractivity contribution >= 4 is 23.4 Å². The normalized spacial score (nSPS) is 29.2. The minimum Gasteiger partial charge on any atom is -0.508 e. The smallest absolute Gasteiger partial charge is 0.334 e. The zero-order valence-corrected chi connectivity index (χ0v) is 34.3. The Labute approximate surface area is 350 Å². The molecule has 2 saturated carbocycles. The molecule has 3 heterocycles. The molecule has 3 aromatic rings. The van der Waals surface area contributed by atoms with Crippen LogP contribution in [-0.4, -0.2) is 73.7 Å². The summed E-state index contributed by atoms with van der Waals surface area (Å²) in [6.45, 7) is 3.25. The number of ketones is 1. The molecule has 0 saturated heterocycles. The van der Waals surface area contributed by atoms with Gasteiger partial charge in [0, 0.05) is 59.5 Å². The van der Waals surface area contributed by atoms with Crippen LogP contribution >= 0.6 is 0 Å². The summed E-state index contributed by atoms with van der Waals surface area (Å²) in [6, 6.07) is 16.6. The fourth-order valence-corrected chi connectivity index (χ4v) is 10.3. The SMILES string of the molecule is CC(O)CNc1cc(CO)cc(C2C#CC3CC(=O)Oc4cc(O)c(cc43)CC3OC(=O)C(=CC(O)C4(CCCC4)c4cccc(c4)CC4CC(CCC4=O)C3(C)O)C2)c1. The zero-order valence-electron chi connectivity index (χ0n) is 34.3. The molecular formula is C49H55NO10. The predicted octanol–water partition coefficient (Wildman–Crippen LogP) is 5.81. The molecule has 0 radical (unpaired) electrons. The molecule has 1 spiro atoms. The molecule has 60 heavy (non-hydrogen) atoms. The van der Waals surface area contributed by atoms with Gasteiger partial charge in [-0.2, -0.15) is 0 Å². The van der Waals surface area contributed by atoms with Crippen molar-refractivity contribution in [2.75, 3.05) is 11.9 Å². The number of aromatic hydroxyl groups is 1. The standard InChI is InChI=1S/C49H55NO10/c1-28(52)26-50-39-17-30(27-51)15-33(20-39)31-8-9-32-24-46(56)59-43-25-42(54)35(21-40(32)43)23-45-48(2,58)37-10-11-41(53)34(19-37)14-29-6-5-7-38(16-29)49(12-3-4-13-49)44(55)22-36(18-31)47(57)60-45/h5-7,15-17,20-22,25,28,31-32,34,37,44-45,50-52,54-55,58H,3-4,10-14,18-19,23-24,26-27H2,1-2H3. The Bertz CT molecular complexity index is 2260. The number of Topliss-reactive ketones (excluding diaryl/α,β-unsaturated/α-hetero) is 1. The van der Waals surface area contributed by atoms with Crippen molar-refractivity contribution in [3.63, 3.8) is 0 Å². The number of benzene rings is 3. The molecule has 0 aromatic heterocycles. The van der Waals surface area contributed by atoms with Gasteiger partial charge in [0.25, 0.3) is 0 Å². The average Bonchev–Trinajstić information content (AvgIpc) is 3.73. The summed E-state index contributed by atoms with van der Waals surface area (Å²) in [5.41, 5.74) is 2.43. The number of carbonyl (C=O) groups excluding carboxylic acids is 3. The molecular weight excluding hydrogens is 763 g/mol. The molecule has 8 unspecified atom stereocenters. The van der Waals surface area contributed by atoms with Crippen molar-refractivity contribution in [3.05, 3.63) is 99.6 Å². The Hall–Kier alpha value is -4.99. The van der Waals surface area contributed by atoms with Crippen LogP contribution in [0.4, 0.5) is 5.69 Å². The molecule has 2 fully saturated rings. The number of esters is 2. The van der Waals surface area contributed by atoms with Crippen LogP contribution in [-0.2, 0) is 44.0 Å². The van der Waals surface area contributed by atoms with Crippen LogP contribution in [0.2, 0.25) is 0 Å². The van der Waals surface area contributed by atoms with Gasteiger partial charge in [0.1, 0.15) is 29.0 Å². The Morgan fingerprint density at radius 1 is 0.967 bits per heavy atom. The number of anilines is 1. The molecule has 11 heteroatoms. The second kappa shape index (κ2) is 16.8. The highest BCUT2D eigenvalue weighted by Crippen LogP contribution is 2.47. The first-order valence-electron chi connectivity index (χ1n) is 21.4. The molecule has 5 aliphatic rings. The van der Waals surface area contributed by atoms with Gasteiger partial charge in [-0.15, -0.1) is 0 Å². The van der Waals surface area contributed by atoms with E-state index in [2.05, 4.69) is 23.2 Å². The van der Waals surface area contributed by atoms with Crippen molar-refractivity contribution in [1.29, 1.82) is 0 Å². The summed E-state index contributed by atoms with van der Waals surface area (Å²) < 4.78 is 12.1. The van der Waals surface area contributed by atoms with Gasteiger partial charge in [-0.3, -0.25) is 9.59 Å². The number of carbonyl (C=O) groups is 3. The average molecular weight is 818 g/mol. The van der Waals surface area contributed by atoms with E-state index < -0.39 is 59.0 Å². The highest BCUT2D eigenvalue weighted by molar-refractivity contribution is 5.89. The maximum Gasteiger partial charge on any atom is 0.334 e. The molecule has 11 nitrogen and oxygen atoms in total. The fraction of sp³-hybridized carbons (Fsp3) is 0.490. The minimum absolute atomic E-state index is 0.0362. The lowest BCUT2D eigenvalue weighted by Gasteiger charge is -2.42.